The lowest BCUT2D eigenvalue weighted by Crippen LogP contribution is -2.37. The first kappa shape index (κ1) is 14.2. The average Bonchev–Trinajstić information content (AvgIpc) is 2.25. The van der Waals surface area contributed by atoms with Gasteiger partial charge in [-0.05, 0) is 30.9 Å². The summed E-state index contributed by atoms with van der Waals surface area (Å²) >= 11 is 0. The number of aliphatic hydroxyl groups is 1. The molecule has 3 N–H and O–H groups in total. The van der Waals surface area contributed by atoms with Gasteiger partial charge in [0.25, 0.3) is 0 Å². The smallest absolute Gasteiger partial charge is 0.393 e. The Morgan fingerprint density at radius 2 is 1.74 bits per heavy atom. The highest BCUT2D eigenvalue weighted by Gasteiger charge is 2.38. The topological polar surface area (TPSA) is 46.2 Å². The normalized spacial score (nSPS) is 25.0. The molecule has 0 aromatic heterocycles. The van der Waals surface area contributed by atoms with Crippen LogP contribution in [-0.4, -0.2) is 11.2 Å². The molecule has 1 aliphatic rings. The molecule has 0 spiro atoms. The molecule has 19 heavy (non-hydrogen) atoms. The summed E-state index contributed by atoms with van der Waals surface area (Å²) in [6, 6.07) is -0.298. The number of aliphatic hydroxyl groups excluding tert-OH is 1. The van der Waals surface area contributed by atoms with Crippen molar-refractivity contribution in [2.75, 3.05) is 0 Å². The van der Waals surface area contributed by atoms with E-state index in [-0.39, 0.29) is 17.5 Å². The number of hydrogen-bond donors (Lipinski definition) is 2. The maximum atomic E-state index is 13.6. The highest BCUT2D eigenvalue weighted by Crippen LogP contribution is 2.39. The Bertz CT molecular complexity index is 482. The molecule has 0 bridgehead atoms. The van der Waals surface area contributed by atoms with Crippen LogP contribution in [0.2, 0.25) is 0 Å². The molecule has 1 aromatic carbocycles. The van der Waals surface area contributed by atoms with Gasteiger partial charge in [-0.3, -0.25) is 0 Å². The van der Waals surface area contributed by atoms with Crippen molar-refractivity contribution in [2.45, 2.75) is 31.2 Å². The SMILES string of the molecule is N[C@H](c1cc(F)c(C(F)(F)F)cc1F)C1CC(O)C1. The van der Waals surface area contributed by atoms with Gasteiger partial charge in [0, 0.05) is 11.6 Å². The average molecular weight is 281 g/mol. The van der Waals surface area contributed by atoms with Gasteiger partial charge in [-0.15, -0.1) is 0 Å². The number of nitrogens with two attached hydrogens (primary N) is 1. The molecule has 1 aliphatic carbocycles. The minimum atomic E-state index is -4.94. The second-order valence-corrected chi connectivity index (χ2v) is 4.76. The minimum absolute atomic E-state index is 0.125. The largest absolute Gasteiger partial charge is 0.419 e. The summed E-state index contributed by atoms with van der Waals surface area (Å²) in [6.07, 6.45) is -4.80. The van der Waals surface area contributed by atoms with Crippen LogP contribution in [-0.2, 0) is 6.18 Å². The molecule has 106 valence electrons. The number of halogens is 5. The molecule has 1 aromatic rings. The molecule has 0 unspecified atom stereocenters. The van der Waals surface area contributed by atoms with Crippen molar-refractivity contribution in [3.05, 3.63) is 34.9 Å². The Labute approximate surface area is 106 Å². The Morgan fingerprint density at radius 1 is 1.16 bits per heavy atom. The molecule has 2 nitrogen and oxygen atoms in total. The predicted molar refractivity (Wildman–Crippen MR) is 57.0 cm³/mol. The molecular formula is C12H12F5NO. The van der Waals surface area contributed by atoms with E-state index in [4.69, 9.17) is 10.8 Å². The first-order valence-electron chi connectivity index (χ1n) is 5.70. The molecule has 0 aliphatic heterocycles. The maximum absolute atomic E-state index is 13.6. The van der Waals surface area contributed by atoms with E-state index in [2.05, 4.69) is 0 Å². The molecule has 2 rings (SSSR count). The van der Waals surface area contributed by atoms with Crippen LogP contribution in [0.25, 0.3) is 0 Å². The van der Waals surface area contributed by atoms with Gasteiger partial charge in [0.2, 0.25) is 0 Å². The third-order valence-electron chi connectivity index (χ3n) is 3.41. The molecule has 0 radical (unpaired) electrons. The lowest BCUT2D eigenvalue weighted by atomic mass is 9.75. The van der Waals surface area contributed by atoms with Gasteiger partial charge in [0.15, 0.2) is 0 Å². The van der Waals surface area contributed by atoms with E-state index < -0.39 is 35.5 Å². The standard InChI is InChI=1S/C12H12F5NO/c13-9-4-8(12(15,16)17)10(14)3-7(9)11(18)5-1-6(19)2-5/h3-6,11,19H,1-2,18H2/t5?,6?,11-/m0/s1. The summed E-state index contributed by atoms with van der Waals surface area (Å²) in [6.45, 7) is 0. The number of benzene rings is 1. The van der Waals surface area contributed by atoms with E-state index in [0.29, 0.717) is 18.9 Å². The number of hydrogen-bond acceptors (Lipinski definition) is 2. The summed E-state index contributed by atoms with van der Waals surface area (Å²) in [5.74, 6) is -2.97. The fourth-order valence-electron chi connectivity index (χ4n) is 2.21. The second kappa shape index (κ2) is 4.72. The summed E-state index contributed by atoms with van der Waals surface area (Å²) < 4.78 is 64.1. The Balaban J connectivity index is 2.30. The van der Waals surface area contributed by atoms with E-state index in [0.717, 1.165) is 0 Å². The van der Waals surface area contributed by atoms with E-state index in [1.807, 2.05) is 0 Å². The third-order valence-corrected chi connectivity index (χ3v) is 3.41. The van der Waals surface area contributed by atoms with Crippen LogP contribution < -0.4 is 5.73 Å². The molecule has 1 saturated carbocycles. The van der Waals surface area contributed by atoms with E-state index in [1.54, 1.807) is 0 Å². The van der Waals surface area contributed by atoms with Crippen LogP contribution in [0.1, 0.15) is 30.0 Å². The molecule has 0 saturated heterocycles. The summed E-state index contributed by atoms with van der Waals surface area (Å²) in [7, 11) is 0. The maximum Gasteiger partial charge on any atom is 0.419 e. The fourth-order valence-corrected chi connectivity index (χ4v) is 2.21. The van der Waals surface area contributed by atoms with E-state index in [9.17, 15) is 22.0 Å². The Hall–Kier alpha value is -1.21. The second-order valence-electron chi connectivity index (χ2n) is 4.76. The van der Waals surface area contributed by atoms with Gasteiger partial charge in [0.1, 0.15) is 11.6 Å². The number of rotatable bonds is 2. The minimum Gasteiger partial charge on any atom is -0.393 e. The van der Waals surface area contributed by atoms with Gasteiger partial charge in [-0.2, -0.15) is 13.2 Å². The van der Waals surface area contributed by atoms with Crippen molar-refractivity contribution in [1.29, 1.82) is 0 Å². The molecule has 0 heterocycles. The van der Waals surface area contributed by atoms with Gasteiger partial charge in [-0.25, -0.2) is 8.78 Å². The van der Waals surface area contributed by atoms with E-state index in [1.165, 1.54) is 0 Å². The van der Waals surface area contributed by atoms with Crippen LogP contribution in [0.3, 0.4) is 0 Å². The molecule has 0 amide bonds. The van der Waals surface area contributed by atoms with Crippen molar-refractivity contribution in [3.8, 4) is 0 Å². The Kier molecular flexibility index (Phi) is 3.53. The fraction of sp³-hybridized carbons (Fsp3) is 0.500. The van der Waals surface area contributed by atoms with Crippen LogP contribution in [0.15, 0.2) is 12.1 Å². The highest BCUT2D eigenvalue weighted by molar-refractivity contribution is 5.30. The van der Waals surface area contributed by atoms with Crippen molar-refractivity contribution in [1.82, 2.24) is 0 Å². The molecule has 1 fully saturated rings. The quantitative estimate of drug-likeness (QED) is 0.819. The summed E-state index contributed by atoms with van der Waals surface area (Å²) in [5, 5.41) is 9.12. The predicted octanol–water partition coefficient (Wildman–Crippen LogP) is 2.75. The van der Waals surface area contributed by atoms with Gasteiger partial charge in [-0.1, -0.05) is 0 Å². The lowest BCUT2D eigenvalue weighted by molar-refractivity contribution is -0.140. The monoisotopic (exact) mass is 281 g/mol. The van der Waals surface area contributed by atoms with Crippen LogP contribution in [0.4, 0.5) is 22.0 Å². The zero-order chi connectivity index (χ0) is 14.4. The summed E-state index contributed by atoms with van der Waals surface area (Å²) in [4.78, 5) is 0. The first-order chi connectivity index (χ1) is 8.70. The summed E-state index contributed by atoms with van der Waals surface area (Å²) in [5.41, 5.74) is 3.76. The van der Waals surface area contributed by atoms with Crippen molar-refractivity contribution in [2.24, 2.45) is 11.7 Å². The van der Waals surface area contributed by atoms with Gasteiger partial charge in [0.05, 0.1) is 11.7 Å². The van der Waals surface area contributed by atoms with Crippen LogP contribution in [0.5, 0.6) is 0 Å². The van der Waals surface area contributed by atoms with Gasteiger partial charge < -0.3 is 10.8 Å². The first-order valence-corrected chi connectivity index (χ1v) is 5.70. The van der Waals surface area contributed by atoms with Crippen molar-refractivity contribution in [3.63, 3.8) is 0 Å². The molecule has 1 atom stereocenters. The van der Waals surface area contributed by atoms with Crippen molar-refractivity contribution < 1.29 is 27.1 Å². The zero-order valence-corrected chi connectivity index (χ0v) is 9.72. The zero-order valence-electron chi connectivity index (χ0n) is 9.72. The number of alkyl halides is 3. The highest BCUT2D eigenvalue weighted by atomic mass is 19.4. The van der Waals surface area contributed by atoms with Crippen LogP contribution >= 0.6 is 0 Å². The third kappa shape index (κ3) is 2.71. The van der Waals surface area contributed by atoms with Gasteiger partial charge >= 0.3 is 6.18 Å². The van der Waals surface area contributed by atoms with Crippen LogP contribution in [0, 0.1) is 17.6 Å². The molecular weight excluding hydrogens is 269 g/mol. The Morgan fingerprint density at radius 3 is 2.21 bits per heavy atom. The lowest BCUT2D eigenvalue weighted by Gasteiger charge is -2.36. The van der Waals surface area contributed by atoms with E-state index >= 15 is 0 Å². The molecule has 7 heteroatoms. The van der Waals surface area contributed by atoms with Crippen molar-refractivity contribution >= 4 is 0 Å².